The number of nitrogens with one attached hydrogen (secondary N) is 2. The van der Waals surface area contributed by atoms with E-state index in [0.29, 0.717) is 6.54 Å². The molecule has 0 radical (unpaired) electrons. The number of carboxylic acids is 1. The van der Waals surface area contributed by atoms with Crippen LogP contribution in [0.5, 0.6) is 0 Å². The van der Waals surface area contributed by atoms with E-state index in [1.54, 1.807) is 0 Å². The normalized spacial score (nSPS) is 17.2. The van der Waals surface area contributed by atoms with Crippen LogP contribution in [0.25, 0.3) is 0 Å². The molecule has 1 saturated heterocycles. The number of hydrogen-bond acceptors (Lipinski definition) is 6. The Morgan fingerprint density at radius 3 is 2.80 bits per heavy atom. The molecule has 0 saturated carbocycles. The molecule has 112 valence electrons. The lowest BCUT2D eigenvalue weighted by molar-refractivity contribution is 0.0698. The van der Waals surface area contributed by atoms with Crippen LogP contribution in [-0.4, -0.2) is 63.7 Å². The maximum atomic E-state index is 12.1. The number of aromatic carboxylic acids is 1. The summed E-state index contributed by atoms with van der Waals surface area (Å²) in [6.45, 7) is 4.48. The molecule has 0 atom stereocenters. The highest BCUT2D eigenvalue weighted by atomic mass is 32.2. The van der Waals surface area contributed by atoms with Gasteiger partial charge in [-0.3, -0.25) is 4.90 Å². The lowest BCUT2D eigenvalue weighted by Gasteiger charge is -2.27. The summed E-state index contributed by atoms with van der Waals surface area (Å²) < 4.78 is 26.6. The van der Waals surface area contributed by atoms with Gasteiger partial charge in [0.05, 0.1) is 0 Å². The number of piperazine rings is 1. The van der Waals surface area contributed by atoms with Crippen LogP contribution in [0.15, 0.2) is 16.3 Å². The molecule has 1 aromatic rings. The second-order valence-corrected chi connectivity index (χ2v) is 7.06. The van der Waals surface area contributed by atoms with Crippen molar-refractivity contribution in [3.63, 3.8) is 0 Å². The lowest BCUT2D eigenvalue weighted by atomic mass is 10.3. The van der Waals surface area contributed by atoms with Gasteiger partial charge >= 0.3 is 5.97 Å². The van der Waals surface area contributed by atoms with Gasteiger partial charge in [0.25, 0.3) is 0 Å². The van der Waals surface area contributed by atoms with Gasteiger partial charge in [0, 0.05) is 39.3 Å². The van der Waals surface area contributed by atoms with Gasteiger partial charge in [0.15, 0.2) is 0 Å². The highest BCUT2D eigenvalue weighted by molar-refractivity contribution is 7.89. The molecule has 0 aromatic carbocycles. The highest BCUT2D eigenvalue weighted by Gasteiger charge is 2.23. The molecular weight excluding hydrogens is 302 g/mol. The molecule has 1 fully saturated rings. The summed E-state index contributed by atoms with van der Waals surface area (Å²) in [4.78, 5) is 12.8. The summed E-state index contributed by atoms with van der Waals surface area (Å²) in [7, 11) is -3.76. The van der Waals surface area contributed by atoms with Crippen LogP contribution in [0, 0.1) is 0 Å². The van der Waals surface area contributed by atoms with Crippen molar-refractivity contribution in [1.29, 1.82) is 0 Å². The smallest absolute Gasteiger partial charge is 0.347 e. The first-order valence-electron chi connectivity index (χ1n) is 6.24. The van der Waals surface area contributed by atoms with E-state index >= 15 is 0 Å². The van der Waals surface area contributed by atoms with E-state index in [4.69, 9.17) is 5.11 Å². The summed E-state index contributed by atoms with van der Waals surface area (Å²) >= 11 is 0.909. The zero-order valence-electron chi connectivity index (χ0n) is 10.8. The first-order valence-corrected chi connectivity index (χ1v) is 8.60. The van der Waals surface area contributed by atoms with Crippen LogP contribution in [0.4, 0.5) is 0 Å². The van der Waals surface area contributed by atoms with Gasteiger partial charge in [0.1, 0.15) is 9.77 Å². The van der Waals surface area contributed by atoms with E-state index in [0.717, 1.165) is 37.5 Å². The Bertz CT molecular complexity index is 564. The average Bonchev–Trinajstić information content (AvgIpc) is 2.90. The van der Waals surface area contributed by atoms with Crippen LogP contribution >= 0.6 is 11.3 Å². The Balaban J connectivity index is 1.93. The summed E-state index contributed by atoms with van der Waals surface area (Å²) in [5.74, 6) is -1.22. The van der Waals surface area contributed by atoms with Gasteiger partial charge < -0.3 is 10.4 Å². The summed E-state index contributed by atoms with van der Waals surface area (Å²) in [5.41, 5.74) is 0. The van der Waals surface area contributed by atoms with Gasteiger partial charge in [-0.15, -0.1) is 11.3 Å². The Labute approximate surface area is 121 Å². The monoisotopic (exact) mass is 319 g/mol. The fraction of sp³-hybridized carbons (Fsp3) is 0.545. The van der Waals surface area contributed by atoms with Gasteiger partial charge in [-0.1, -0.05) is 0 Å². The zero-order valence-corrected chi connectivity index (χ0v) is 12.5. The first kappa shape index (κ1) is 15.4. The molecule has 0 bridgehead atoms. The van der Waals surface area contributed by atoms with Crippen molar-refractivity contribution < 1.29 is 18.3 Å². The minimum atomic E-state index is -3.76. The summed E-state index contributed by atoms with van der Waals surface area (Å²) in [6.07, 6.45) is 0. The third kappa shape index (κ3) is 3.76. The van der Waals surface area contributed by atoms with Crippen molar-refractivity contribution in [3.8, 4) is 0 Å². The van der Waals surface area contributed by atoms with E-state index < -0.39 is 16.0 Å². The third-order valence-electron chi connectivity index (χ3n) is 3.04. The second-order valence-electron chi connectivity index (χ2n) is 4.41. The van der Waals surface area contributed by atoms with Crippen molar-refractivity contribution in [2.24, 2.45) is 0 Å². The minimum absolute atomic E-state index is 0.153. The van der Waals surface area contributed by atoms with Gasteiger partial charge in [-0.2, -0.15) is 0 Å². The molecule has 0 amide bonds. The number of thiophene rings is 1. The molecule has 9 heteroatoms. The number of rotatable bonds is 6. The van der Waals surface area contributed by atoms with Crippen molar-refractivity contribution in [2.75, 3.05) is 39.3 Å². The maximum absolute atomic E-state index is 12.1. The molecular formula is C11H17N3O4S2. The molecule has 20 heavy (non-hydrogen) atoms. The lowest BCUT2D eigenvalue weighted by Crippen LogP contribution is -2.46. The van der Waals surface area contributed by atoms with Crippen LogP contribution in [0.2, 0.25) is 0 Å². The molecule has 0 unspecified atom stereocenters. The average molecular weight is 319 g/mol. The van der Waals surface area contributed by atoms with Crippen LogP contribution in [0.1, 0.15) is 9.67 Å². The number of hydrogen-bond donors (Lipinski definition) is 3. The van der Waals surface area contributed by atoms with E-state index in [1.165, 1.54) is 11.4 Å². The Kier molecular flexibility index (Phi) is 5.11. The molecule has 2 rings (SSSR count). The quantitative estimate of drug-likeness (QED) is 0.662. The summed E-state index contributed by atoms with van der Waals surface area (Å²) in [5, 5.41) is 13.6. The topological polar surface area (TPSA) is 98.7 Å². The van der Waals surface area contributed by atoms with E-state index in [9.17, 15) is 13.2 Å². The number of carboxylic acid groups (broad SMARTS) is 1. The standard InChI is InChI=1S/C11H17N3O4S2/c15-11(16)10-9(1-8-19-10)20(17,18)13-4-7-14-5-2-12-3-6-14/h1,8,12-13H,2-7H2,(H,15,16). The zero-order chi connectivity index (χ0) is 14.6. The van der Waals surface area contributed by atoms with Gasteiger partial charge in [-0.05, 0) is 11.4 Å². The Hall–Kier alpha value is -1.00. The second kappa shape index (κ2) is 6.64. The predicted octanol–water partition coefficient (Wildman–Crippen LogP) is -0.370. The van der Waals surface area contributed by atoms with Crippen molar-refractivity contribution in [3.05, 3.63) is 16.3 Å². The number of sulfonamides is 1. The molecule has 0 aliphatic carbocycles. The van der Waals surface area contributed by atoms with E-state index in [1.807, 2.05) is 0 Å². The SMILES string of the molecule is O=C(O)c1sccc1S(=O)(=O)NCCN1CCNCC1. The van der Waals surface area contributed by atoms with Crippen molar-refractivity contribution in [1.82, 2.24) is 14.9 Å². The molecule has 1 aromatic heterocycles. The molecule has 1 aliphatic heterocycles. The first-order chi connectivity index (χ1) is 9.50. The number of nitrogens with zero attached hydrogens (tertiary/aromatic N) is 1. The maximum Gasteiger partial charge on any atom is 0.347 e. The van der Waals surface area contributed by atoms with Crippen LogP contribution in [-0.2, 0) is 10.0 Å². The largest absolute Gasteiger partial charge is 0.477 e. The Morgan fingerprint density at radius 1 is 1.45 bits per heavy atom. The number of carbonyl (C=O) groups is 1. The Morgan fingerprint density at radius 2 is 2.15 bits per heavy atom. The van der Waals surface area contributed by atoms with E-state index in [-0.39, 0.29) is 16.3 Å². The fourth-order valence-electron chi connectivity index (χ4n) is 2.02. The van der Waals surface area contributed by atoms with Gasteiger partial charge in [-0.25, -0.2) is 17.9 Å². The highest BCUT2D eigenvalue weighted by Crippen LogP contribution is 2.21. The third-order valence-corrected chi connectivity index (χ3v) is 5.58. The molecule has 7 nitrogen and oxygen atoms in total. The molecule has 0 spiro atoms. The molecule has 2 heterocycles. The fourth-order valence-corrected chi connectivity index (χ4v) is 4.29. The summed E-state index contributed by atoms with van der Waals surface area (Å²) in [6, 6.07) is 1.32. The van der Waals surface area contributed by atoms with Crippen LogP contribution < -0.4 is 10.0 Å². The van der Waals surface area contributed by atoms with Gasteiger partial charge in [0.2, 0.25) is 10.0 Å². The molecule has 1 aliphatic rings. The van der Waals surface area contributed by atoms with Crippen molar-refractivity contribution in [2.45, 2.75) is 4.90 Å². The minimum Gasteiger partial charge on any atom is -0.477 e. The van der Waals surface area contributed by atoms with Crippen molar-refractivity contribution >= 4 is 27.3 Å². The van der Waals surface area contributed by atoms with Crippen LogP contribution in [0.3, 0.4) is 0 Å². The predicted molar refractivity (Wildman–Crippen MR) is 75.8 cm³/mol. The molecule has 3 N–H and O–H groups in total. The van der Waals surface area contributed by atoms with E-state index in [2.05, 4.69) is 14.9 Å².